The first-order valence-electron chi connectivity index (χ1n) is 4.16. The Hall–Kier alpha value is -0.822. The fourth-order valence-electron chi connectivity index (χ4n) is 1.51. The molecule has 0 radical (unpaired) electrons. The van der Waals surface area contributed by atoms with Crippen molar-refractivity contribution in [2.45, 2.75) is 18.7 Å². The summed E-state index contributed by atoms with van der Waals surface area (Å²) in [7, 11) is 0. The molecule has 0 aliphatic heterocycles. The van der Waals surface area contributed by atoms with Gasteiger partial charge in [-0.3, -0.25) is 0 Å². The average Bonchev–Trinajstić information content (AvgIpc) is 2.65. The van der Waals surface area contributed by atoms with E-state index < -0.39 is 14.8 Å². The molecule has 0 atom stereocenters. The first-order valence-corrected chi connectivity index (χ1v) is 13.6. The SMILES string of the molecule is CC1=[C]([W]([CH3])([CH]=O)([CH]=O)[CH]=O)CC=C1. The van der Waals surface area contributed by atoms with E-state index >= 15 is 0 Å². The maximum atomic E-state index is 11.1. The van der Waals surface area contributed by atoms with Gasteiger partial charge >= 0.3 is 83.6 Å². The van der Waals surface area contributed by atoms with Crippen LogP contribution in [-0.4, -0.2) is 14.0 Å². The van der Waals surface area contributed by atoms with Crippen molar-refractivity contribution in [3.05, 3.63) is 21.7 Å². The number of rotatable bonds is 4. The van der Waals surface area contributed by atoms with Crippen LogP contribution < -0.4 is 0 Å². The second-order valence-electron chi connectivity index (χ2n) is 3.67. The Morgan fingerprint density at radius 3 is 2.00 bits per heavy atom. The summed E-state index contributed by atoms with van der Waals surface area (Å²) in [6, 6.07) is 0. The second kappa shape index (κ2) is 3.39. The third-order valence-corrected chi connectivity index (χ3v) is 14.6. The molecule has 0 unspecified atom stereocenters. The van der Waals surface area contributed by atoms with Gasteiger partial charge in [-0.2, -0.15) is 0 Å². The molecule has 0 bridgehead atoms. The number of hydrogen-bond acceptors (Lipinski definition) is 3. The van der Waals surface area contributed by atoms with Gasteiger partial charge in [-0.25, -0.2) is 0 Å². The van der Waals surface area contributed by atoms with Gasteiger partial charge in [0.15, 0.2) is 0 Å². The van der Waals surface area contributed by atoms with Crippen LogP contribution in [0.15, 0.2) is 21.7 Å². The monoisotopic (exact) mass is 365 g/mol. The van der Waals surface area contributed by atoms with Gasteiger partial charge in [0.25, 0.3) is 0 Å². The van der Waals surface area contributed by atoms with Crippen LogP contribution >= 0.6 is 0 Å². The molecule has 0 aromatic rings. The third kappa shape index (κ3) is 1.36. The Bertz CT molecular complexity index is 341. The minimum absolute atomic E-state index is 0.573. The van der Waals surface area contributed by atoms with Crippen LogP contribution in [0.1, 0.15) is 13.3 Å². The van der Waals surface area contributed by atoms with E-state index in [0.29, 0.717) is 20.4 Å². The summed E-state index contributed by atoms with van der Waals surface area (Å²) in [4.78, 5) is 33.3. The van der Waals surface area contributed by atoms with Gasteiger partial charge < -0.3 is 0 Å². The average molecular weight is 365 g/mol. The summed E-state index contributed by atoms with van der Waals surface area (Å²) in [6.45, 7) is 1.84. The molecule has 1 rings (SSSR count). The number of carbonyl (C=O) groups excluding carboxylic acids is 3. The second-order valence-corrected chi connectivity index (χ2v) is 19.5. The Kier molecular flexibility index (Phi) is 2.73. The van der Waals surface area contributed by atoms with Crippen molar-refractivity contribution >= 4 is 14.0 Å². The summed E-state index contributed by atoms with van der Waals surface area (Å²) in [5, 5.41) is 1.57. The van der Waals surface area contributed by atoms with Crippen molar-refractivity contribution in [1.29, 1.82) is 0 Å². The Morgan fingerprint density at radius 1 is 1.21 bits per heavy atom. The van der Waals surface area contributed by atoms with E-state index in [4.69, 9.17) is 0 Å². The van der Waals surface area contributed by atoms with E-state index in [0.717, 1.165) is 9.54 Å². The maximum absolute atomic E-state index is 11.1. The summed E-state index contributed by atoms with van der Waals surface area (Å²) in [5.74, 6) is 0. The first kappa shape index (κ1) is 11.3. The van der Waals surface area contributed by atoms with E-state index in [9.17, 15) is 14.4 Å². The molecule has 0 saturated heterocycles. The molecule has 14 heavy (non-hydrogen) atoms. The number of hydrogen-bond donors (Lipinski definition) is 0. The molecule has 4 heteroatoms. The van der Waals surface area contributed by atoms with Gasteiger partial charge in [-0.15, -0.1) is 0 Å². The topological polar surface area (TPSA) is 51.2 Å². The standard InChI is InChI=1S/C6H7.3CHO.CH3.W/c1-6-4-2-3-5-6;3*1-2;;/h2,4H,3H2,1H3;3*1H;1H3;. The fraction of sp³-hybridized carbons (Fsp3) is 0.300. The quantitative estimate of drug-likeness (QED) is 0.711. The molecule has 1 aliphatic rings. The van der Waals surface area contributed by atoms with Crippen molar-refractivity contribution in [2.75, 3.05) is 0 Å². The molecule has 0 aromatic carbocycles. The van der Waals surface area contributed by atoms with Crippen LogP contribution in [0.3, 0.4) is 0 Å². The van der Waals surface area contributed by atoms with Crippen molar-refractivity contribution in [2.24, 2.45) is 0 Å². The predicted octanol–water partition coefficient (Wildman–Crippen LogP) is 1.53. The molecule has 77 valence electrons. The van der Waals surface area contributed by atoms with E-state index in [-0.39, 0.29) is 0 Å². The van der Waals surface area contributed by atoms with Crippen LogP contribution in [0.25, 0.3) is 0 Å². The van der Waals surface area contributed by atoms with Gasteiger partial charge in [0.05, 0.1) is 0 Å². The predicted molar refractivity (Wildman–Crippen MR) is 52.6 cm³/mol. The molecule has 3 nitrogen and oxygen atoms in total. The van der Waals surface area contributed by atoms with Crippen LogP contribution in [0.2, 0.25) is 5.31 Å². The van der Waals surface area contributed by atoms with Crippen molar-refractivity contribution in [3.63, 3.8) is 0 Å². The van der Waals surface area contributed by atoms with Crippen LogP contribution in [-0.2, 0) is 29.2 Å². The molecule has 0 heterocycles. The Labute approximate surface area is 83.7 Å². The summed E-state index contributed by atoms with van der Waals surface area (Å²) in [6.07, 6.45) is 4.32. The molecule has 0 amide bonds. The molecule has 0 N–H and O–H groups in total. The Balaban J connectivity index is 3.41. The first-order chi connectivity index (χ1) is 6.50. The zero-order valence-corrected chi connectivity index (χ0v) is 11.2. The summed E-state index contributed by atoms with van der Waals surface area (Å²) in [5.41, 5.74) is 0.906. The van der Waals surface area contributed by atoms with Crippen molar-refractivity contribution in [3.8, 4) is 0 Å². The summed E-state index contributed by atoms with van der Waals surface area (Å²) < 4.78 is 2.67. The molecule has 0 spiro atoms. The molecule has 0 fully saturated rings. The minimum atomic E-state index is -4.48. The van der Waals surface area contributed by atoms with Crippen LogP contribution in [0.5, 0.6) is 0 Å². The summed E-state index contributed by atoms with van der Waals surface area (Å²) >= 11 is -4.48. The number of carbonyl (C=O) groups is 3. The van der Waals surface area contributed by atoms with Crippen LogP contribution in [0, 0.1) is 0 Å². The van der Waals surface area contributed by atoms with E-state index in [1.165, 1.54) is 0 Å². The van der Waals surface area contributed by atoms with Gasteiger partial charge in [0.1, 0.15) is 0 Å². The van der Waals surface area contributed by atoms with E-state index in [1.54, 1.807) is 5.31 Å². The number of allylic oxidation sites excluding steroid dienone is 4. The van der Waals surface area contributed by atoms with Crippen molar-refractivity contribution < 1.29 is 29.2 Å². The molecule has 0 saturated carbocycles. The third-order valence-electron chi connectivity index (χ3n) is 2.55. The Morgan fingerprint density at radius 2 is 1.71 bits per heavy atom. The molecular weight excluding hydrogens is 352 g/mol. The van der Waals surface area contributed by atoms with Crippen LogP contribution in [0.4, 0.5) is 0 Å². The van der Waals surface area contributed by atoms with Gasteiger partial charge in [-0.05, 0) is 0 Å². The van der Waals surface area contributed by atoms with Gasteiger partial charge in [-0.1, -0.05) is 0 Å². The van der Waals surface area contributed by atoms with Gasteiger partial charge in [0.2, 0.25) is 0 Å². The zero-order valence-electron chi connectivity index (χ0n) is 8.23. The van der Waals surface area contributed by atoms with Crippen molar-refractivity contribution in [1.82, 2.24) is 0 Å². The normalized spacial score (nSPS) is 18.9. The van der Waals surface area contributed by atoms with Gasteiger partial charge in [0, 0.05) is 0 Å². The van der Waals surface area contributed by atoms with E-state index in [2.05, 4.69) is 0 Å². The molecule has 0 aromatic heterocycles. The molecular formula is C10H13O3W. The van der Waals surface area contributed by atoms with E-state index in [1.807, 2.05) is 19.1 Å². The fourth-order valence-corrected chi connectivity index (χ4v) is 8.63. The molecule has 1 aliphatic carbocycles. The zero-order chi connectivity index (χ0) is 10.8.